The first kappa shape index (κ1) is 17.3. The number of carbonyl (C=O) groups is 1. The van der Waals surface area contributed by atoms with Crippen molar-refractivity contribution in [3.63, 3.8) is 0 Å². The van der Waals surface area contributed by atoms with Gasteiger partial charge in [0.1, 0.15) is 5.52 Å². The molecule has 0 radical (unpaired) electrons. The standard InChI is InChI=1S/C22H23N3O2/c1-4-14-5-7-17-15(12-23-18(17)9-14)10-21(26)24-16-6-8-20-19(11-16)25-22(27-20)13(2)3/h5-9,11-13,23H,4,10H2,1-3H3,(H,24,26). The summed E-state index contributed by atoms with van der Waals surface area (Å²) in [6.45, 7) is 6.21. The SMILES string of the molecule is CCc1ccc2c(CC(=O)Nc3ccc4oc(C(C)C)nc4c3)c[nH]c2c1. The number of amides is 1. The third kappa shape index (κ3) is 3.45. The molecule has 5 heteroatoms. The van der Waals surface area contributed by atoms with Crippen LogP contribution in [0.2, 0.25) is 0 Å². The Kier molecular flexibility index (Phi) is 4.44. The van der Waals surface area contributed by atoms with Crippen molar-refractivity contribution in [2.24, 2.45) is 0 Å². The fourth-order valence-electron chi connectivity index (χ4n) is 3.25. The Morgan fingerprint density at radius 2 is 2.07 bits per heavy atom. The van der Waals surface area contributed by atoms with Gasteiger partial charge in [-0.3, -0.25) is 4.79 Å². The molecular weight excluding hydrogens is 338 g/mol. The molecule has 5 nitrogen and oxygen atoms in total. The lowest BCUT2D eigenvalue weighted by molar-refractivity contribution is -0.115. The number of anilines is 1. The van der Waals surface area contributed by atoms with E-state index in [1.54, 1.807) is 0 Å². The minimum absolute atomic E-state index is 0.0533. The van der Waals surface area contributed by atoms with Crippen LogP contribution in [0.15, 0.2) is 47.0 Å². The Morgan fingerprint density at radius 3 is 2.85 bits per heavy atom. The summed E-state index contributed by atoms with van der Waals surface area (Å²) in [5.74, 6) is 0.881. The summed E-state index contributed by atoms with van der Waals surface area (Å²) in [5.41, 5.74) is 5.57. The number of hydrogen-bond donors (Lipinski definition) is 2. The van der Waals surface area contributed by atoms with E-state index >= 15 is 0 Å². The van der Waals surface area contributed by atoms with E-state index in [0.717, 1.165) is 39.7 Å². The van der Waals surface area contributed by atoms with E-state index in [9.17, 15) is 4.79 Å². The molecule has 2 aromatic heterocycles. The Balaban J connectivity index is 1.51. The first-order chi connectivity index (χ1) is 13.0. The van der Waals surface area contributed by atoms with Crippen LogP contribution in [0, 0.1) is 0 Å². The number of rotatable bonds is 5. The van der Waals surface area contributed by atoms with Gasteiger partial charge in [-0.1, -0.05) is 32.9 Å². The van der Waals surface area contributed by atoms with Crippen LogP contribution in [0.25, 0.3) is 22.0 Å². The Bertz CT molecular complexity index is 1120. The predicted molar refractivity (Wildman–Crippen MR) is 108 cm³/mol. The lowest BCUT2D eigenvalue weighted by atomic mass is 10.1. The first-order valence-electron chi connectivity index (χ1n) is 9.32. The fraction of sp³-hybridized carbons (Fsp3) is 0.273. The number of carbonyl (C=O) groups excluding carboxylic acids is 1. The van der Waals surface area contributed by atoms with E-state index in [1.807, 2.05) is 38.2 Å². The number of oxazole rings is 1. The van der Waals surface area contributed by atoms with Crippen LogP contribution in [-0.2, 0) is 17.6 Å². The first-order valence-corrected chi connectivity index (χ1v) is 9.32. The number of H-pyrrole nitrogens is 1. The summed E-state index contributed by atoms with van der Waals surface area (Å²) in [6, 6.07) is 11.9. The van der Waals surface area contributed by atoms with E-state index in [4.69, 9.17) is 4.42 Å². The minimum atomic E-state index is -0.0533. The summed E-state index contributed by atoms with van der Waals surface area (Å²) in [6.07, 6.45) is 3.23. The van der Waals surface area contributed by atoms with E-state index in [1.165, 1.54) is 5.56 Å². The van der Waals surface area contributed by atoms with E-state index in [0.29, 0.717) is 12.3 Å². The lowest BCUT2D eigenvalue weighted by Crippen LogP contribution is -2.14. The summed E-state index contributed by atoms with van der Waals surface area (Å²) >= 11 is 0. The van der Waals surface area contributed by atoms with Gasteiger partial charge >= 0.3 is 0 Å². The number of aromatic amines is 1. The van der Waals surface area contributed by atoms with Crippen molar-refractivity contribution in [2.45, 2.75) is 39.5 Å². The molecule has 2 N–H and O–H groups in total. The maximum absolute atomic E-state index is 12.5. The van der Waals surface area contributed by atoms with Crippen molar-refractivity contribution in [3.8, 4) is 0 Å². The largest absolute Gasteiger partial charge is 0.440 e. The number of nitrogens with one attached hydrogen (secondary N) is 2. The molecular formula is C22H23N3O2. The van der Waals surface area contributed by atoms with Gasteiger partial charge in [-0.15, -0.1) is 0 Å². The molecule has 4 rings (SSSR count). The highest BCUT2D eigenvalue weighted by atomic mass is 16.3. The van der Waals surface area contributed by atoms with E-state index < -0.39 is 0 Å². The maximum atomic E-state index is 12.5. The average Bonchev–Trinajstić information content (AvgIpc) is 3.25. The van der Waals surface area contributed by atoms with Gasteiger partial charge in [0.2, 0.25) is 5.91 Å². The summed E-state index contributed by atoms with van der Waals surface area (Å²) < 4.78 is 5.71. The molecule has 0 spiro atoms. The maximum Gasteiger partial charge on any atom is 0.228 e. The average molecular weight is 361 g/mol. The topological polar surface area (TPSA) is 70.9 Å². The highest BCUT2D eigenvalue weighted by Gasteiger charge is 2.12. The van der Waals surface area contributed by atoms with Gasteiger partial charge < -0.3 is 14.7 Å². The zero-order valence-electron chi connectivity index (χ0n) is 15.8. The summed E-state index contributed by atoms with van der Waals surface area (Å²) in [7, 11) is 0. The molecule has 2 aromatic carbocycles. The van der Waals surface area contributed by atoms with Crippen LogP contribution < -0.4 is 5.32 Å². The van der Waals surface area contributed by atoms with Gasteiger partial charge in [-0.2, -0.15) is 0 Å². The Morgan fingerprint density at radius 1 is 1.22 bits per heavy atom. The molecule has 0 atom stereocenters. The van der Waals surface area contributed by atoms with Gasteiger partial charge in [0.15, 0.2) is 11.5 Å². The second-order valence-electron chi connectivity index (χ2n) is 7.16. The number of aromatic nitrogens is 2. The van der Waals surface area contributed by atoms with Gasteiger partial charge in [-0.05, 0) is 41.8 Å². The van der Waals surface area contributed by atoms with Crippen LogP contribution in [0.5, 0.6) is 0 Å². The van der Waals surface area contributed by atoms with E-state index in [-0.39, 0.29) is 11.8 Å². The van der Waals surface area contributed by atoms with E-state index in [2.05, 4.69) is 40.4 Å². The van der Waals surface area contributed by atoms with Crippen LogP contribution in [0.3, 0.4) is 0 Å². The number of nitrogens with zero attached hydrogens (tertiary/aromatic N) is 1. The van der Waals surface area contributed by atoms with Crippen molar-refractivity contribution in [3.05, 3.63) is 59.6 Å². The molecule has 138 valence electrons. The molecule has 0 aliphatic rings. The monoisotopic (exact) mass is 361 g/mol. The minimum Gasteiger partial charge on any atom is -0.440 e. The van der Waals surface area contributed by atoms with Crippen LogP contribution in [-0.4, -0.2) is 15.9 Å². The molecule has 0 saturated heterocycles. The third-order valence-corrected chi connectivity index (χ3v) is 4.77. The summed E-state index contributed by atoms with van der Waals surface area (Å²) in [4.78, 5) is 20.3. The predicted octanol–water partition coefficient (Wildman–Crippen LogP) is 5.18. The highest BCUT2D eigenvalue weighted by Crippen LogP contribution is 2.24. The number of aryl methyl sites for hydroxylation is 1. The molecule has 0 unspecified atom stereocenters. The molecule has 0 fully saturated rings. The fourth-order valence-corrected chi connectivity index (χ4v) is 3.25. The zero-order valence-corrected chi connectivity index (χ0v) is 15.8. The van der Waals surface area contributed by atoms with Gasteiger partial charge in [0.05, 0.1) is 6.42 Å². The second-order valence-corrected chi connectivity index (χ2v) is 7.16. The van der Waals surface area contributed by atoms with Crippen LogP contribution in [0.1, 0.15) is 43.7 Å². The van der Waals surface area contributed by atoms with Crippen LogP contribution in [0.4, 0.5) is 5.69 Å². The normalized spacial score (nSPS) is 11.6. The number of benzene rings is 2. The van der Waals surface area contributed by atoms with Gasteiger partial charge in [0.25, 0.3) is 0 Å². The zero-order chi connectivity index (χ0) is 19.0. The van der Waals surface area contributed by atoms with Gasteiger partial charge in [-0.25, -0.2) is 4.98 Å². The molecule has 1 amide bonds. The molecule has 0 aliphatic heterocycles. The number of fused-ring (bicyclic) bond motifs is 2. The second kappa shape index (κ2) is 6.91. The van der Waals surface area contributed by atoms with Crippen molar-refractivity contribution in [1.82, 2.24) is 9.97 Å². The summed E-state index contributed by atoms with van der Waals surface area (Å²) in [5, 5.41) is 4.06. The Labute approximate surface area is 157 Å². The molecule has 2 heterocycles. The molecule has 0 aliphatic carbocycles. The smallest absolute Gasteiger partial charge is 0.228 e. The third-order valence-electron chi connectivity index (χ3n) is 4.77. The van der Waals surface area contributed by atoms with Crippen molar-refractivity contribution >= 4 is 33.6 Å². The lowest BCUT2D eigenvalue weighted by Gasteiger charge is -2.05. The Hall–Kier alpha value is -3.08. The quantitative estimate of drug-likeness (QED) is 0.515. The van der Waals surface area contributed by atoms with Crippen molar-refractivity contribution in [1.29, 1.82) is 0 Å². The van der Waals surface area contributed by atoms with Crippen LogP contribution >= 0.6 is 0 Å². The molecule has 27 heavy (non-hydrogen) atoms. The van der Waals surface area contributed by atoms with Gasteiger partial charge in [0, 0.05) is 28.7 Å². The van der Waals surface area contributed by atoms with Crippen molar-refractivity contribution in [2.75, 3.05) is 5.32 Å². The molecule has 4 aromatic rings. The molecule has 0 bridgehead atoms. The molecule has 0 saturated carbocycles. The number of hydrogen-bond acceptors (Lipinski definition) is 3. The van der Waals surface area contributed by atoms with Crippen molar-refractivity contribution < 1.29 is 9.21 Å². The highest BCUT2D eigenvalue weighted by molar-refractivity contribution is 5.97.